The number of likely N-dealkylation sites (N-methyl/N-ethyl adjacent to an activating group) is 1. The number of rotatable bonds is 3. The predicted molar refractivity (Wildman–Crippen MR) is 72.2 cm³/mol. The van der Waals surface area contributed by atoms with E-state index in [-0.39, 0.29) is 5.91 Å². The molecule has 1 heterocycles. The van der Waals surface area contributed by atoms with Gasteiger partial charge in [0.2, 0.25) is 5.91 Å². The van der Waals surface area contributed by atoms with Crippen LogP contribution in [-0.4, -0.2) is 17.9 Å². The SMILES string of the molecule is CN(C(=O)Cc1ccccc1)c1ncccc1N. The molecule has 0 unspecified atom stereocenters. The Balaban J connectivity index is 2.13. The molecule has 0 atom stereocenters. The number of amides is 1. The van der Waals surface area contributed by atoms with Crippen LogP contribution in [0.3, 0.4) is 0 Å². The third-order valence-electron chi connectivity index (χ3n) is 2.71. The van der Waals surface area contributed by atoms with E-state index in [0.29, 0.717) is 17.9 Å². The molecule has 0 radical (unpaired) electrons. The van der Waals surface area contributed by atoms with E-state index in [1.54, 1.807) is 25.4 Å². The Morgan fingerprint density at radius 2 is 1.94 bits per heavy atom. The molecular weight excluding hydrogens is 226 g/mol. The van der Waals surface area contributed by atoms with Crippen LogP contribution in [0.2, 0.25) is 0 Å². The highest BCUT2D eigenvalue weighted by Gasteiger charge is 2.14. The van der Waals surface area contributed by atoms with Gasteiger partial charge in [-0.3, -0.25) is 9.69 Å². The Morgan fingerprint density at radius 1 is 1.22 bits per heavy atom. The van der Waals surface area contributed by atoms with Crippen molar-refractivity contribution in [2.24, 2.45) is 0 Å². The van der Waals surface area contributed by atoms with Gasteiger partial charge in [0.15, 0.2) is 5.82 Å². The van der Waals surface area contributed by atoms with Crippen LogP contribution < -0.4 is 10.6 Å². The van der Waals surface area contributed by atoms with Crippen molar-refractivity contribution in [3.8, 4) is 0 Å². The molecule has 0 fully saturated rings. The molecule has 0 aliphatic heterocycles. The van der Waals surface area contributed by atoms with Crippen molar-refractivity contribution in [1.29, 1.82) is 0 Å². The molecule has 0 saturated carbocycles. The van der Waals surface area contributed by atoms with Crippen molar-refractivity contribution < 1.29 is 4.79 Å². The summed E-state index contributed by atoms with van der Waals surface area (Å²) in [5.41, 5.74) is 7.27. The first-order valence-corrected chi connectivity index (χ1v) is 5.69. The molecule has 92 valence electrons. The quantitative estimate of drug-likeness (QED) is 0.892. The van der Waals surface area contributed by atoms with Gasteiger partial charge in [0.05, 0.1) is 12.1 Å². The highest BCUT2D eigenvalue weighted by atomic mass is 16.2. The Hall–Kier alpha value is -2.36. The fraction of sp³-hybridized carbons (Fsp3) is 0.143. The van der Waals surface area contributed by atoms with E-state index in [1.165, 1.54) is 4.90 Å². The highest BCUT2D eigenvalue weighted by Crippen LogP contribution is 2.18. The first-order valence-electron chi connectivity index (χ1n) is 5.69. The summed E-state index contributed by atoms with van der Waals surface area (Å²) < 4.78 is 0. The molecule has 0 aliphatic rings. The normalized spacial score (nSPS) is 10.1. The molecule has 1 aromatic carbocycles. The van der Waals surface area contributed by atoms with E-state index in [9.17, 15) is 4.79 Å². The van der Waals surface area contributed by atoms with Gasteiger partial charge in [0.1, 0.15) is 0 Å². The second kappa shape index (κ2) is 5.31. The summed E-state index contributed by atoms with van der Waals surface area (Å²) in [5, 5.41) is 0. The van der Waals surface area contributed by atoms with E-state index in [0.717, 1.165) is 5.56 Å². The van der Waals surface area contributed by atoms with Crippen molar-refractivity contribution in [2.45, 2.75) is 6.42 Å². The molecule has 0 bridgehead atoms. The fourth-order valence-corrected chi connectivity index (χ4v) is 1.70. The van der Waals surface area contributed by atoms with E-state index in [1.807, 2.05) is 30.3 Å². The lowest BCUT2D eigenvalue weighted by molar-refractivity contribution is -0.117. The molecule has 2 N–H and O–H groups in total. The number of nitrogen functional groups attached to an aromatic ring is 1. The van der Waals surface area contributed by atoms with Crippen molar-refractivity contribution in [3.05, 3.63) is 54.2 Å². The van der Waals surface area contributed by atoms with Crippen LogP contribution >= 0.6 is 0 Å². The van der Waals surface area contributed by atoms with Crippen LogP contribution in [0.1, 0.15) is 5.56 Å². The van der Waals surface area contributed by atoms with Crippen molar-refractivity contribution in [3.63, 3.8) is 0 Å². The predicted octanol–water partition coefficient (Wildman–Crippen LogP) is 1.87. The summed E-state index contributed by atoms with van der Waals surface area (Å²) in [6.07, 6.45) is 1.96. The average Bonchev–Trinajstić information content (AvgIpc) is 2.39. The van der Waals surface area contributed by atoms with E-state index in [4.69, 9.17) is 5.73 Å². The zero-order valence-electron chi connectivity index (χ0n) is 10.2. The molecule has 2 aromatic rings. The standard InChI is InChI=1S/C14H15N3O/c1-17(14-12(15)8-5-9-16-14)13(18)10-11-6-3-2-4-7-11/h2-9H,10,15H2,1H3. The number of carbonyl (C=O) groups is 1. The van der Waals surface area contributed by atoms with Crippen molar-refractivity contribution in [1.82, 2.24) is 4.98 Å². The number of hydrogen-bond acceptors (Lipinski definition) is 3. The van der Waals surface area contributed by atoms with Crippen molar-refractivity contribution >= 4 is 17.4 Å². The first-order chi connectivity index (χ1) is 8.68. The van der Waals surface area contributed by atoms with Gasteiger partial charge in [-0.2, -0.15) is 0 Å². The van der Waals surface area contributed by atoms with Crippen LogP contribution in [0.4, 0.5) is 11.5 Å². The van der Waals surface area contributed by atoms with Crippen LogP contribution in [0.25, 0.3) is 0 Å². The topological polar surface area (TPSA) is 59.2 Å². The van der Waals surface area contributed by atoms with Gasteiger partial charge in [-0.15, -0.1) is 0 Å². The van der Waals surface area contributed by atoms with Gasteiger partial charge >= 0.3 is 0 Å². The fourth-order valence-electron chi connectivity index (χ4n) is 1.70. The smallest absolute Gasteiger partial charge is 0.232 e. The average molecular weight is 241 g/mol. The number of benzene rings is 1. The molecule has 0 aliphatic carbocycles. The second-order valence-electron chi connectivity index (χ2n) is 4.03. The molecule has 2 rings (SSSR count). The molecule has 4 nitrogen and oxygen atoms in total. The van der Waals surface area contributed by atoms with Gasteiger partial charge in [-0.05, 0) is 17.7 Å². The Labute approximate surface area is 106 Å². The Bertz CT molecular complexity index is 540. The summed E-state index contributed by atoms with van der Waals surface area (Å²) in [5.74, 6) is 0.463. The van der Waals surface area contributed by atoms with Gasteiger partial charge in [0.25, 0.3) is 0 Å². The number of anilines is 2. The number of nitrogens with zero attached hydrogens (tertiary/aromatic N) is 2. The second-order valence-corrected chi connectivity index (χ2v) is 4.03. The summed E-state index contributed by atoms with van der Waals surface area (Å²) in [6, 6.07) is 13.1. The van der Waals surface area contributed by atoms with Crippen LogP contribution in [0.5, 0.6) is 0 Å². The summed E-state index contributed by atoms with van der Waals surface area (Å²) in [6.45, 7) is 0. The van der Waals surface area contributed by atoms with Gasteiger partial charge < -0.3 is 5.73 Å². The molecule has 1 amide bonds. The minimum atomic E-state index is -0.0356. The lowest BCUT2D eigenvalue weighted by Crippen LogP contribution is -2.29. The molecule has 4 heteroatoms. The third kappa shape index (κ3) is 2.66. The maximum absolute atomic E-state index is 12.1. The number of hydrogen-bond donors (Lipinski definition) is 1. The molecule has 0 saturated heterocycles. The van der Waals surface area contributed by atoms with Crippen LogP contribution in [0, 0.1) is 0 Å². The molecule has 18 heavy (non-hydrogen) atoms. The van der Waals surface area contributed by atoms with Gasteiger partial charge in [-0.25, -0.2) is 4.98 Å². The Kier molecular flexibility index (Phi) is 3.57. The van der Waals surface area contributed by atoms with Gasteiger partial charge in [0, 0.05) is 13.2 Å². The Morgan fingerprint density at radius 3 is 2.61 bits per heavy atom. The maximum atomic E-state index is 12.1. The first kappa shape index (κ1) is 12.1. The molecule has 0 spiro atoms. The van der Waals surface area contributed by atoms with Crippen LogP contribution in [0.15, 0.2) is 48.7 Å². The summed E-state index contributed by atoms with van der Waals surface area (Å²) in [4.78, 5) is 17.7. The molecular formula is C14H15N3O. The number of carbonyl (C=O) groups excluding carboxylic acids is 1. The van der Waals surface area contributed by atoms with E-state index < -0.39 is 0 Å². The van der Waals surface area contributed by atoms with E-state index in [2.05, 4.69) is 4.98 Å². The maximum Gasteiger partial charge on any atom is 0.232 e. The van der Waals surface area contributed by atoms with Crippen LogP contribution in [-0.2, 0) is 11.2 Å². The minimum Gasteiger partial charge on any atom is -0.396 e. The zero-order valence-corrected chi connectivity index (χ0v) is 10.2. The highest BCUT2D eigenvalue weighted by molar-refractivity contribution is 5.95. The van der Waals surface area contributed by atoms with Gasteiger partial charge in [-0.1, -0.05) is 30.3 Å². The number of nitrogens with two attached hydrogens (primary N) is 1. The van der Waals surface area contributed by atoms with E-state index >= 15 is 0 Å². The monoisotopic (exact) mass is 241 g/mol. The lowest BCUT2D eigenvalue weighted by Gasteiger charge is -2.17. The van der Waals surface area contributed by atoms with Crippen molar-refractivity contribution in [2.75, 3.05) is 17.7 Å². The third-order valence-corrected chi connectivity index (χ3v) is 2.71. The number of pyridine rings is 1. The minimum absolute atomic E-state index is 0.0356. The summed E-state index contributed by atoms with van der Waals surface area (Å²) >= 11 is 0. The largest absolute Gasteiger partial charge is 0.396 e. The summed E-state index contributed by atoms with van der Waals surface area (Å²) in [7, 11) is 1.68. The zero-order chi connectivity index (χ0) is 13.0. The molecule has 1 aromatic heterocycles. The number of aromatic nitrogens is 1. The lowest BCUT2D eigenvalue weighted by atomic mass is 10.1.